The van der Waals surface area contributed by atoms with Crippen LogP contribution in [0.4, 0.5) is 0 Å². The van der Waals surface area contributed by atoms with Crippen LogP contribution < -0.4 is 10.2 Å². The number of aryl methyl sites for hydroxylation is 1. The first-order valence-electron chi connectivity index (χ1n) is 9.81. The molecule has 0 aliphatic carbocycles. The zero-order chi connectivity index (χ0) is 20.0. The van der Waals surface area contributed by atoms with Gasteiger partial charge in [0.25, 0.3) is 0 Å². The largest absolute Gasteiger partial charge is 0.349 e. The SMILES string of the molecule is Cc1csc(=O)n1CCCC(=O)N[C@H](c1ccc(CC(C)C)cc1)C(C)C. The molecule has 1 atom stereocenters. The van der Waals surface area contributed by atoms with Crippen molar-refractivity contribution in [1.29, 1.82) is 0 Å². The summed E-state index contributed by atoms with van der Waals surface area (Å²) in [5, 5.41) is 5.04. The van der Waals surface area contributed by atoms with Crippen molar-refractivity contribution in [3.8, 4) is 0 Å². The Labute approximate surface area is 166 Å². The highest BCUT2D eigenvalue weighted by Gasteiger charge is 2.18. The van der Waals surface area contributed by atoms with Crippen molar-refractivity contribution in [2.45, 2.75) is 66.5 Å². The number of rotatable bonds is 9. The number of carbonyl (C=O) groups excluding carboxylic acids is 1. The van der Waals surface area contributed by atoms with Crippen molar-refractivity contribution in [3.05, 3.63) is 56.1 Å². The Morgan fingerprint density at radius 2 is 1.81 bits per heavy atom. The van der Waals surface area contributed by atoms with E-state index in [1.165, 1.54) is 16.9 Å². The molecule has 1 N–H and O–H groups in total. The fourth-order valence-electron chi connectivity index (χ4n) is 3.29. The van der Waals surface area contributed by atoms with Crippen molar-refractivity contribution < 1.29 is 4.79 Å². The average Bonchev–Trinajstić information content (AvgIpc) is 2.92. The van der Waals surface area contributed by atoms with Crippen molar-refractivity contribution in [3.63, 3.8) is 0 Å². The average molecular weight is 389 g/mol. The minimum atomic E-state index is 0.0104. The molecule has 0 saturated carbocycles. The number of aromatic nitrogens is 1. The predicted octanol–water partition coefficient (Wildman–Crippen LogP) is 4.71. The van der Waals surface area contributed by atoms with E-state index in [0.29, 0.717) is 31.2 Å². The van der Waals surface area contributed by atoms with Gasteiger partial charge in [0.15, 0.2) is 0 Å². The topological polar surface area (TPSA) is 51.1 Å². The van der Waals surface area contributed by atoms with Crippen LogP contribution >= 0.6 is 11.3 Å². The molecule has 148 valence electrons. The summed E-state index contributed by atoms with van der Waals surface area (Å²) in [6.07, 6.45) is 2.16. The highest BCUT2D eigenvalue weighted by Crippen LogP contribution is 2.23. The Bertz CT molecular complexity index is 787. The van der Waals surface area contributed by atoms with Crippen LogP contribution in [0.5, 0.6) is 0 Å². The summed E-state index contributed by atoms with van der Waals surface area (Å²) in [4.78, 5) is 24.2. The third-order valence-corrected chi connectivity index (χ3v) is 5.61. The van der Waals surface area contributed by atoms with Gasteiger partial charge in [-0.2, -0.15) is 0 Å². The number of carbonyl (C=O) groups is 1. The van der Waals surface area contributed by atoms with E-state index in [0.717, 1.165) is 17.7 Å². The van der Waals surface area contributed by atoms with Gasteiger partial charge >= 0.3 is 4.87 Å². The van der Waals surface area contributed by atoms with Crippen molar-refractivity contribution in [1.82, 2.24) is 9.88 Å². The molecule has 0 aliphatic rings. The Hall–Kier alpha value is -1.88. The molecule has 0 spiro atoms. The lowest BCUT2D eigenvalue weighted by molar-refractivity contribution is -0.122. The molecule has 0 bridgehead atoms. The molecular formula is C22H32N2O2S. The minimum Gasteiger partial charge on any atom is -0.349 e. The number of nitrogens with zero attached hydrogens (tertiary/aromatic N) is 1. The number of hydrogen-bond donors (Lipinski definition) is 1. The zero-order valence-corrected chi connectivity index (χ0v) is 17.9. The van der Waals surface area contributed by atoms with E-state index in [1.54, 1.807) is 4.57 Å². The summed E-state index contributed by atoms with van der Waals surface area (Å²) < 4.78 is 1.74. The fraction of sp³-hybridized carbons (Fsp3) is 0.545. The molecular weight excluding hydrogens is 356 g/mol. The van der Waals surface area contributed by atoms with Crippen LogP contribution in [0, 0.1) is 18.8 Å². The molecule has 4 nitrogen and oxygen atoms in total. The Balaban J connectivity index is 1.93. The lowest BCUT2D eigenvalue weighted by Crippen LogP contribution is -2.32. The first-order chi connectivity index (χ1) is 12.8. The normalized spacial score (nSPS) is 12.6. The van der Waals surface area contributed by atoms with Gasteiger partial charge in [0.1, 0.15) is 0 Å². The van der Waals surface area contributed by atoms with Crippen molar-refractivity contribution in [2.75, 3.05) is 0 Å². The quantitative estimate of drug-likeness (QED) is 0.676. The van der Waals surface area contributed by atoms with Crippen LogP contribution in [0.25, 0.3) is 0 Å². The van der Waals surface area contributed by atoms with Gasteiger partial charge in [-0.3, -0.25) is 9.59 Å². The van der Waals surface area contributed by atoms with Crippen LogP contribution in [0.15, 0.2) is 34.4 Å². The van der Waals surface area contributed by atoms with Gasteiger partial charge in [0, 0.05) is 24.0 Å². The maximum Gasteiger partial charge on any atom is 0.307 e. The zero-order valence-electron chi connectivity index (χ0n) is 17.1. The van der Waals surface area contributed by atoms with Gasteiger partial charge in [-0.05, 0) is 42.7 Å². The van der Waals surface area contributed by atoms with E-state index in [2.05, 4.69) is 57.3 Å². The summed E-state index contributed by atoms with van der Waals surface area (Å²) in [6.45, 7) is 11.2. The third-order valence-electron chi connectivity index (χ3n) is 4.73. The summed E-state index contributed by atoms with van der Waals surface area (Å²) in [7, 11) is 0. The molecule has 1 heterocycles. The maximum absolute atomic E-state index is 12.4. The molecule has 0 radical (unpaired) electrons. The second kappa shape index (κ2) is 9.88. The molecule has 0 fully saturated rings. The second-order valence-electron chi connectivity index (χ2n) is 8.03. The molecule has 27 heavy (non-hydrogen) atoms. The second-order valence-corrected chi connectivity index (χ2v) is 8.85. The monoisotopic (exact) mass is 388 g/mol. The van der Waals surface area contributed by atoms with Gasteiger partial charge in [-0.15, -0.1) is 0 Å². The van der Waals surface area contributed by atoms with Crippen LogP contribution in [-0.4, -0.2) is 10.5 Å². The lowest BCUT2D eigenvalue weighted by atomic mass is 9.93. The Morgan fingerprint density at radius 3 is 2.33 bits per heavy atom. The third kappa shape index (κ3) is 6.35. The van der Waals surface area contributed by atoms with Crippen LogP contribution in [0.3, 0.4) is 0 Å². The smallest absolute Gasteiger partial charge is 0.307 e. The standard InChI is InChI=1S/C22H32N2O2S/c1-15(2)13-18-8-10-19(11-9-18)21(16(3)4)23-20(25)7-6-12-24-17(5)14-27-22(24)26/h8-11,14-16,21H,6-7,12-13H2,1-5H3,(H,23,25)/t21-/m0/s1. The van der Waals surface area contributed by atoms with E-state index < -0.39 is 0 Å². The van der Waals surface area contributed by atoms with E-state index in [9.17, 15) is 9.59 Å². The molecule has 2 aromatic rings. The molecule has 0 aliphatic heterocycles. The highest BCUT2D eigenvalue weighted by molar-refractivity contribution is 7.07. The first kappa shape index (κ1) is 21.4. The summed E-state index contributed by atoms with van der Waals surface area (Å²) in [6, 6.07) is 8.62. The molecule has 2 rings (SSSR count). The molecule has 1 amide bonds. The summed E-state index contributed by atoms with van der Waals surface area (Å²) in [5.41, 5.74) is 3.45. The van der Waals surface area contributed by atoms with Crippen LogP contribution in [-0.2, 0) is 17.8 Å². The predicted molar refractivity (Wildman–Crippen MR) is 113 cm³/mol. The van der Waals surface area contributed by atoms with Gasteiger partial charge in [0.05, 0.1) is 6.04 Å². The van der Waals surface area contributed by atoms with E-state index in [1.807, 2.05) is 12.3 Å². The maximum atomic E-state index is 12.4. The fourth-order valence-corrected chi connectivity index (χ4v) is 4.05. The summed E-state index contributed by atoms with van der Waals surface area (Å²) in [5.74, 6) is 0.989. The van der Waals surface area contributed by atoms with E-state index >= 15 is 0 Å². The highest BCUT2D eigenvalue weighted by atomic mass is 32.1. The minimum absolute atomic E-state index is 0.0104. The van der Waals surface area contributed by atoms with Crippen molar-refractivity contribution >= 4 is 17.2 Å². The number of nitrogens with one attached hydrogen (secondary N) is 1. The van der Waals surface area contributed by atoms with Crippen LogP contribution in [0.1, 0.15) is 63.4 Å². The van der Waals surface area contributed by atoms with E-state index in [-0.39, 0.29) is 16.8 Å². The van der Waals surface area contributed by atoms with Gasteiger partial charge in [0.2, 0.25) is 5.91 Å². The molecule has 0 saturated heterocycles. The Morgan fingerprint density at radius 1 is 1.15 bits per heavy atom. The molecule has 1 aromatic heterocycles. The van der Waals surface area contributed by atoms with E-state index in [4.69, 9.17) is 0 Å². The first-order valence-corrected chi connectivity index (χ1v) is 10.7. The van der Waals surface area contributed by atoms with Gasteiger partial charge < -0.3 is 9.88 Å². The number of amides is 1. The number of benzene rings is 1. The van der Waals surface area contributed by atoms with Gasteiger partial charge in [-0.1, -0.05) is 63.3 Å². The van der Waals surface area contributed by atoms with Crippen molar-refractivity contribution in [2.24, 2.45) is 11.8 Å². The lowest BCUT2D eigenvalue weighted by Gasteiger charge is -2.23. The molecule has 1 aromatic carbocycles. The molecule has 5 heteroatoms. The summed E-state index contributed by atoms with van der Waals surface area (Å²) >= 11 is 1.21. The van der Waals surface area contributed by atoms with Crippen LogP contribution in [0.2, 0.25) is 0 Å². The number of hydrogen-bond acceptors (Lipinski definition) is 3. The van der Waals surface area contributed by atoms with Gasteiger partial charge in [-0.25, -0.2) is 0 Å². The Kier molecular flexibility index (Phi) is 7.84. The number of thiazole rings is 1. The molecule has 0 unspecified atom stereocenters.